The fourth-order valence-corrected chi connectivity index (χ4v) is 2.85. The summed E-state index contributed by atoms with van der Waals surface area (Å²) in [7, 11) is 0. The maximum atomic E-state index is 5.55. The molecule has 0 saturated carbocycles. The molecule has 2 aromatic heterocycles. The van der Waals surface area contributed by atoms with Gasteiger partial charge in [0.1, 0.15) is 5.76 Å². The van der Waals surface area contributed by atoms with Gasteiger partial charge in [0.05, 0.1) is 22.9 Å². The van der Waals surface area contributed by atoms with Crippen LogP contribution in [0.3, 0.4) is 0 Å². The molecule has 0 radical (unpaired) electrons. The number of aromatic nitrogens is 2. The number of aryl methyl sites for hydroxylation is 4. The van der Waals surface area contributed by atoms with Crippen LogP contribution in [0, 0.1) is 27.7 Å². The molecule has 0 aliphatic rings. The molecule has 18 heavy (non-hydrogen) atoms. The largest absolute Gasteiger partial charge is 0.444 e. The van der Waals surface area contributed by atoms with Crippen molar-refractivity contribution in [2.75, 3.05) is 0 Å². The van der Waals surface area contributed by atoms with E-state index in [4.69, 9.17) is 4.42 Å². The molecule has 1 N–H and O–H groups in total. The summed E-state index contributed by atoms with van der Waals surface area (Å²) in [5, 5.41) is 4.53. The predicted molar refractivity (Wildman–Crippen MR) is 72.8 cm³/mol. The SMILES string of the molecule is Cc1nc(C)c(C(C)NCc2nc(C)c(C)o2)s1. The number of hydrogen-bond acceptors (Lipinski definition) is 5. The zero-order valence-corrected chi connectivity index (χ0v) is 12.3. The maximum Gasteiger partial charge on any atom is 0.208 e. The van der Waals surface area contributed by atoms with Crippen molar-refractivity contribution in [2.24, 2.45) is 0 Å². The van der Waals surface area contributed by atoms with Gasteiger partial charge in [0, 0.05) is 10.9 Å². The van der Waals surface area contributed by atoms with E-state index in [2.05, 4.69) is 29.1 Å². The van der Waals surface area contributed by atoms with Gasteiger partial charge in [-0.15, -0.1) is 11.3 Å². The molecule has 2 heterocycles. The molecule has 5 heteroatoms. The highest BCUT2D eigenvalue weighted by Gasteiger charge is 2.13. The summed E-state index contributed by atoms with van der Waals surface area (Å²) in [4.78, 5) is 10.1. The molecule has 98 valence electrons. The van der Waals surface area contributed by atoms with Gasteiger partial charge in [0.25, 0.3) is 0 Å². The number of nitrogens with zero attached hydrogens (tertiary/aromatic N) is 2. The summed E-state index contributed by atoms with van der Waals surface area (Å²) in [6.07, 6.45) is 0. The third-order valence-electron chi connectivity index (χ3n) is 2.96. The monoisotopic (exact) mass is 265 g/mol. The maximum absolute atomic E-state index is 5.55. The number of hydrogen-bond donors (Lipinski definition) is 1. The Balaban J connectivity index is 2.00. The van der Waals surface area contributed by atoms with Crippen LogP contribution in [0.5, 0.6) is 0 Å². The molecule has 0 spiro atoms. The molecule has 4 nitrogen and oxygen atoms in total. The lowest BCUT2D eigenvalue weighted by Crippen LogP contribution is -2.18. The first-order chi connectivity index (χ1) is 8.47. The molecule has 2 aromatic rings. The third kappa shape index (κ3) is 2.79. The summed E-state index contributed by atoms with van der Waals surface area (Å²) in [5.41, 5.74) is 2.07. The predicted octanol–water partition coefficient (Wildman–Crippen LogP) is 3.22. The van der Waals surface area contributed by atoms with Gasteiger partial charge in [-0.1, -0.05) is 0 Å². The van der Waals surface area contributed by atoms with Gasteiger partial charge in [0.15, 0.2) is 0 Å². The van der Waals surface area contributed by atoms with E-state index < -0.39 is 0 Å². The van der Waals surface area contributed by atoms with Crippen LogP contribution in [0.15, 0.2) is 4.42 Å². The summed E-state index contributed by atoms with van der Waals surface area (Å²) in [6.45, 7) is 10.8. The Bertz CT molecular complexity index is 525. The van der Waals surface area contributed by atoms with Crippen molar-refractivity contribution in [1.29, 1.82) is 0 Å². The Kier molecular flexibility index (Phi) is 3.82. The van der Waals surface area contributed by atoms with Gasteiger partial charge in [-0.25, -0.2) is 9.97 Å². The van der Waals surface area contributed by atoms with Crippen LogP contribution in [-0.2, 0) is 6.54 Å². The molecule has 0 bridgehead atoms. The van der Waals surface area contributed by atoms with Crippen LogP contribution in [0.2, 0.25) is 0 Å². The molecule has 1 atom stereocenters. The second-order valence-corrected chi connectivity index (χ2v) is 5.77. The fourth-order valence-electron chi connectivity index (χ4n) is 1.90. The smallest absolute Gasteiger partial charge is 0.208 e. The molecule has 0 aromatic carbocycles. The van der Waals surface area contributed by atoms with Crippen LogP contribution >= 0.6 is 11.3 Å². The summed E-state index contributed by atoms with van der Waals surface area (Å²) >= 11 is 1.74. The van der Waals surface area contributed by atoms with E-state index >= 15 is 0 Å². The average Bonchev–Trinajstić information content (AvgIpc) is 2.79. The highest BCUT2D eigenvalue weighted by atomic mass is 32.1. The van der Waals surface area contributed by atoms with E-state index in [-0.39, 0.29) is 6.04 Å². The van der Waals surface area contributed by atoms with Crippen molar-refractivity contribution >= 4 is 11.3 Å². The number of thiazole rings is 1. The quantitative estimate of drug-likeness (QED) is 0.922. The lowest BCUT2D eigenvalue weighted by molar-refractivity contribution is 0.433. The third-order valence-corrected chi connectivity index (χ3v) is 4.22. The molecule has 0 amide bonds. The molecular weight excluding hydrogens is 246 g/mol. The van der Waals surface area contributed by atoms with E-state index in [1.54, 1.807) is 11.3 Å². The van der Waals surface area contributed by atoms with Crippen molar-refractivity contribution in [2.45, 2.75) is 47.2 Å². The van der Waals surface area contributed by atoms with Crippen LogP contribution in [0.25, 0.3) is 0 Å². The molecule has 0 aliphatic carbocycles. The number of rotatable bonds is 4. The Morgan fingerprint density at radius 1 is 1.17 bits per heavy atom. The number of nitrogens with one attached hydrogen (secondary N) is 1. The zero-order valence-electron chi connectivity index (χ0n) is 11.5. The van der Waals surface area contributed by atoms with Crippen LogP contribution in [0.4, 0.5) is 0 Å². The fraction of sp³-hybridized carbons (Fsp3) is 0.538. The standard InChI is InChI=1S/C13H19N3OS/c1-7-10(4)17-12(16-7)6-14-8(2)13-9(3)15-11(5)18-13/h8,14H,6H2,1-5H3. The minimum absolute atomic E-state index is 0.267. The van der Waals surface area contributed by atoms with E-state index in [0.29, 0.717) is 6.54 Å². The lowest BCUT2D eigenvalue weighted by atomic mass is 10.2. The highest BCUT2D eigenvalue weighted by Crippen LogP contribution is 2.24. The molecule has 1 unspecified atom stereocenters. The van der Waals surface area contributed by atoms with Gasteiger partial charge in [-0.2, -0.15) is 0 Å². The van der Waals surface area contributed by atoms with Gasteiger partial charge in [0.2, 0.25) is 5.89 Å². The minimum Gasteiger partial charge on any atom is -0.444 e. The molecule has 2 rings (SSSR count). The summed E-state index contributed by atoms with van der Waals surface area (Å²) in [5.74, 6) is 1.64. The van der Waals surface area contributed by atoms with E-state index in [0.717, 1.165) is 28.0 Å². The molecular formula is C13H19N3OS. The zero-order chi connectivity index (χ0) is 13.3. The van der Waals surface area contributed by atoms with Crippen LogP contribution in [-0.4, -0.2) is 9.97 Å². The van der Waals surface area contributed by atoms with E-state index in [1.807, 2.05) is 20.8 Å². The van der Waals surface area contributed by atoms with Crippen molar-refractivity contribution in [3.05, 3.63) is 32.9 Å². The van der Waals surface area contributed by atoms with Gasteiger partial charge < -0.3 is 9.73 Å². The summed E-state index contributed by atoms with van der Waals surface area (Å²) < 4.78 is 5.55. The van der Waals surface area contributed by atoms with E-state index in [9.17, 15) is 0 Å². The minimum atomic E-state index is 0.267. The first-order valence-corrected chi connectivity index (χ1v) is 6.89. The van der Waals surface area contributed by atoms with E-state index in [1.165, 1.54) is 4.88 Å². The first kappa shape index (κ1) is 13.2. The normalized spacial score (nSPS) is 12.9. The Morgan fingerprint density at radius 2 is 1.89 bits per heavy atom. The molecule has 0 saturated heterocycles. The molecule has 0 fully saturated rings. The lowest BCUT2D eigenvalue weighted by Gasteiger charge is -2.10. The highest BCUT2D eigenvalue weighted by molar-refractivity contribution is 7.11. The summed E-state index contributed by atoms with van der Waals surface area (Å²) in [6, 6.07) is 0.267. The second-order valence-electron chi connectivity index (χ2n) is 4.53. The molecule has 0 aliphatic heterocycles. The average molecular weight is 265 g/mol. The van der Waals surface area contributed by atoms with Crippen molar-refractivity contribution < 1.29 is 4.42 Å². The second kappa shape index (κ2) is 5.20. The van der Waals surface area contributed by atoms with Crippen molar-refractivity contribution in [3.8, 4) is 0 Å². The Labute approximate surface area is 111 Å². The topological polar surface area (TPSA) is 51.0 Å². The van der Waals surface area contributed by atoms with Gasteiger partial charge in [-0.3, -0.25) is 0 Å². The van der Waals surface area contributed by atoms with Gasteiger partial charge >= 0.3 is 0 Å². The first-order valence-electron chi connectivity index (χ1n) is 6.07. The van der Waals surface area contributed by atoms with Crippen LogP contribution in [0.1, 0.15) is 45.9 Å². The van der Waals surface area contributed by atoms with Crippen molar-refractivity contribution in [3.63, 3.8) is 0 Å². The van der Waals surface area contributed by atoms with Crippen LogP contribution < -0.4 is 5.32 Å². The Morgan fingerprint density at radius 3 is 2.39 bits per heavy atom. The Hall–Kier alpha value is -1.20. The van der Waals surface area contributed by atoms with Gasteiger partial charge in [-0.05, 0) is 34.6 Å². The number of oxazole rings is 1. The van der Waals surface area contributed by atoms with Crippen molar-refractivity contribution in [1.82, 2.24) is 15.3 Å².